The Morgan fingerprint density at radius 2 is 2.36 bits per heavy atom. The molecule has 1 aromatic heterocycles. The molecule has 3 heterocycles. The summed E-state index contributed by atoms with van der Waals surface area (Å²) in [6.45, 7) is 3.50. The van der Waals surface area contributed by atoms with E-state index in [9.17, 15) is 19.8 Å². The second-order valence-electron chi connectivity index (χ2n) is 5.47. The summed E-state index contributed by atoms with van der Waals surface area (Å²) >= 11 is 2.99. The van der Waals surface area contributed by atoms with Crippen LogP contribution in [0.2, 0.25) is 0 Å². The molecule has 3 rings (SSSR count). The lowest BCUT2D eigenvalue weighted by Gasteiger charge is -2.44. The number of aliphatic hydroxyl groups is 1. The Balaban J connectivity index is 1.80. The van der Waals surface area contributed by atoms with Crippen molar-refractivity contribution in [2.75, 3.05) is 0 Å². The quantitative estimate of drug-likeness (QED) is 0.791. The van der Waals surface area contributed by atoms with Crippen LogP contribution in [0.5, 0.6) is 0 Å². The van der Waals surface area contributed by atoms with Gasteiger partial charge in [-0.15, -0.1) is 23.1 Å². The number of nitrogens with zero attached hydrogens (tertiary/aromatic N) is 2. The molecule has 1 fully saturated rings. The van der Waals surface area contributed by atoms with Crippen molar-refractivity contribution in [2.45, 2.75) is 38.2 Å². The third kappa shape index (κ3) is 2.35. The number of aliphatic hydroxyl groups excluding tert-OH is 1. The fourth-order valence-electron chi connectivity index (χ4n) is 2.98. The summed E-state index contributed by atoms with van der Waals surface area (Å²) in [6.07, 6.45) is -0.247. The Morgan fingerprint density at radius 3 is 2.91 bits per heavy atom. The van der Waals surface area contributed by atoms with E-state index in [1.807, 2.05) is 6.92 Å². The van der Waals surface area contributed by atoms with Gasteiger partial charge >= 0.3 is 5.97 Å². The van der Waals surface area contributed by atoms with Gasteiger partial charge in [0.25, 0.3) is 0 Å². The van der Waals surface area contributed by atoms with Gasteiger partial charge in [0.1, 0.15) is 5.70 Å². The minimum Gasteiger partial charge on any atom is -0.477 e. The maximum atomic E-state index is 12.1. The van der Waals surface area contributed by atoms with Gasteiger partial charge in [0.2, 0.25) is 5.91 Å². The first kappa shape index (κ1) is 15.5. The number of carbonyl (C=O) groups excluding carboxylic acids is 1. The number of hydrogen-bond donors (Lipinski definition) is 2. The molecular formula is C14H16N2O4S2. The van der Waals surface area contributed by atoms with E-state index in [1.54, 1.807) is 23.8 Å². The smallest absolute Gasteiger partial charge is 0.353 e. The van der Waals surface area contributed by atoms with Gasteiger partial charge in [-0.25, -0.2) is 9.78 Å². The average molecular weight is 340 g/mol. The second kappa shape index (κ2) is 5.68. The van der Waals surface area contributed by atoms with Crippen molar-refractivity contribution in [3.63, 3.8) is 0 Å². The summed E-state index contributed by atoms with van der Waals surface area (Å²) in [5.41, 5.74) is 2.81. The summed E-state index contributed by atoms with van der Waals surface area (Å²) in [4.78, 5) is 30.9. The highest BCUT2D eigenvalue weighted by molar-refractivity contribution is 8.02. The van der Waals surface area contributed by atoms with Gasteiger partial charge in [-0.1, -0.05) is 0 Å². The van der Waals surface area contributed by atoms with Crippen LogP contribution in [0.25, 0.3) is 0 Å². The number of thioether (sulfide) groups is 1. The maximum Gasteiger partial charge on any atom is 0.353 e. The number of carboxylic acids is 1. The summed E-state index contributed by atoms with van der Waals surface area (Å²) in [5, 5.41) is 19.1. The molecule has 118 valence electrons. The van der Waals surface area contributed by atoms with E-state index in [-0.39, 0.29) is 17.6 Å². The molecule has 0 aliphatic carbocycles. The fourth-order valence-corrected chi connectivity index (χ4v) is 5.11. The highest BCUT2D eigenvalue weighted by atomic mass is 32.2. The molecule has 2 N–H and O–H groups in total. The third-order valence-corrected chi connectivity index (χ3v) is 6.37. The van der Waals surface area contributed by atoms with Gasteiger partial charge in [0.05, 0.1) is 29.3 Å². The van der Waals surface area contributed by atoms with Crippen LogP contribution in [0.15, 0.2) is 16.1 Å². The van der Waals surface area contributed by atoms with Gasteiger partial charge in [-0.3, -0.25) is 4.79 Å². The van der Waals surface area contributed by atoms with Crippen molar-refractivity contribution in [1.82, 2.24) is 9.88 Å². The van der Waals surface area contributed by atoms with E-state index >= 15 is 0 Å². The maximum absolute atomic E-state index is 12.1. The van der Waals surface area contributed by atoms with Crippen molar-refractivity contribution >= 4 is 35.0 Å². The minimum atomic E-state index is -1.08. The van der Waals surface area contributed by atoms with Crippen LogP contribution in [0, 0.1) is 12.8 Å². The van der Waals surface area contributed by atoms with Crippen LogP contribution in [-0.4, -0.2) is 44.1 Å². The zero-order valence-electron chi connectivity index (χ0n) is 12.1. The lowest BCUT2D eigenvalue weighted by molar-refractivity contribution is -0.161. The predicted octanol–water partition coefficient (Wildman–Crippen LogP) is 1.59. The number of carbonyl (C=O) groups is 2. The lowest BCUT2D eigenvalue weighted by Crippen LogP contribution is -2.61. The zero-order chi connectivity index (χ0) is 16.0. The van der Waals surface area contributed by atoms with Crippen molar-refractivity contribution in [2.24, 2.45) is 5.92 Å². The number of aromatic nitrogens is 1. The van der Waals surface area contributed by atoms with Crippen LogP contribution in [-0.2, 0) is 15.3 Å². The van der Waals surface area contributed by atoms with Crippen LogP contribution in [0.3, 0.4) is 0 Å². The number of thiazole rings is 1. The van der Waals surface area contributed by atoms with E-state index in [0.717, 1.165) is 10.6 Å². The van der Waals surface area contributed by atoms with Crippen molar-refractivity contribution in [1.29, 1.82) is 0 Å². The molecule has 0 spiro atoms. The molecule has 0 aromatic carbocycles. The summed E-state index contributed by atoms with van der Waals surface area (Å²) < 4.78 is 0. The Kier molecular flexibility index (Phi) is 4.00. The first-order valence-electron chi connectivity index (χ1n) is 6.91. The van der Waals surface area contributed by atoms with E-state index in [2.05, 4.69) is 4.98 Å². The van der Waals surface area contributed by atoms with Gasteiger partial charge < -0.3 is 15.1 Å². The molecule has 2 aliphatic rings. The Hall–Kier alpha value is -1.38. The second-order valence-corrected chi connectivity index (χ2v) is 7.48. The number of fused-ring (bicyclic) bond motifs is 1. The van der Waals surface area contributed by atoms with Crippen LogP contribution >= 0.6 is 23.1 Å². The Morgan fingerprint density at radius 1 is 1.64 bits per heavy atom. The number of hydrogen-bond acceptors (Lipinski definition) is 6. The average Bonchev–Trinajstić information content (AvgIpc) is 2.97. The van der Waals surface area contributed by atoms with E-state index < -0.39 is 18.0 Å². The van der Waals surface area contributed by atoms with E-state index in [1.165, 1.54) is 16.7 Å². The topological polar surface area (TPSA) is 90.7 Å². The SMILES string of the molecule is Cc1ncsc1CSC1=C(C(=O)O)N2C(=O)C(C(C)O)C2C1. The monoisotopic (exact) mass is 340 g/mol. The molecule has 3 unspecified atom stereocenters. The van der Waals surface area contributed by atoms with E-state index in [4.69, 9.17) is 0 Å². The molecular weight excluding hydrogens is 324 g/mol. The number of aliphatic carboxylic acids is 1. The Bertz CT molecular complexity index is 668. The largest absolute Gasteiger partial charge is 0.477 e. The van der Waals surface area contributed by atoms with Crippen molar-refractivity contribution in [3.05, 3.63) is 26.7 Å². The normalized spacial score (nSPS) is 25.2. The first-order chi connectivity index (χ1) is 10.4. The molecule has 0 bridgehead atoms. The zero-order valence-corrected chi connectivity index (χ0v) is 13.8. The highest BCUT2D eigenvalue weighted by Crippen LogP contribution is 2.47. The van der Waals surface area contributed by atoms with Crippen LogP contribution in [0.4, 0.5) is 0 Å². The van der Waals surface area contributed by atoms with Gasteiger partial charge in [0.15, 0.2) is 0 Å². The predicted molar refractivity (Wildman–Crippen MR) is 83.2 cm³/mol. The molecule has 3 atom stereocenters. The first-order valence-corrected chi connectivity index (χ1v) is 8.77. The number of aryl methyl sites for hydroxylation is 1. The molecule has 6 nitrogen and oxygen atoms in total. The number of carboxylic acid groups (broad SMARTS) is 1. The molecule has 8 heteroatoms. The summed E-state index contributed by atoms with van der Waals surface area (Å²) in [5.74, 6) is -1.21. The van der Waals surface area contributed by atoms with Crippen molar-refractivity contribution < 1.29 is 19.8 Å². The third-order valence-electron chi connectivity index (χ3n) is 4.11. The van der Waals surface area contributed by atoms with Crippen LogP contribution < -0.4 is 0 Å². The molecule has 22 heavy (non-hydrogen) atoms. The van der Waals surface area contributed by atoms with E-state index in [0.29, 0.717) is 17.1 Å². The highest BCUT2D eigenvalue weighted by Gasteiger charge is 2.56. The molecule has 0 saturated carbocycles. The molecule has 1 saturated heterocycles. The van der Waals surface area contributed by atoms with Gasteiger partial charge in [-0.05, 0) is 13.8 Å². The minimum absolute atomic E-state index is 0.0825. The molecule has 1 amide bonds. The number of β-lactam (4-membered cyclic amide) rings is 1. The van der Waals surface area contributed by atoms with Gasteiger partial charge in [-0.2, -0.15) is 0 Å². The fraction of sp³-hybridized carbons (Fsp3) is 0.500. The number of amides is 1. The standard InChI is InChI=1S/C14H16N2O4S2/c1-6-10(22-5-15-6)4-21-9-3-8-11(7(2)17)13(18)16(8)12(9)14(19)20/h5,7-8,11,17H,3-4H2,1-2H3,(H,19,20). The summed E-state index contributed by atoms with van der Waals surface area (Å²) in [7, 11) is 0. The Labute approximate surface area is 135 Å². The number of rotatable bonds is 5. The van der Waals surface area contributed by atoms with Gasteiger partial charge in [0, 0.05) is 22.0 Å². The lowest BCUT2D eigenvalue weighted by atomic mass is 9.83. The molecule has 0 radical (unpaired) electrons. The van der Waals surface area contributed by atoms with Crippen LogP contribution in [0.1, 0.15) is 23.9 Å². The molecule has 1 aromatic rings. The molecule has 2 aliphatic heterocycles. The van der Waals surface area contributed by atoms with Crippen molar-refractivity contribution in [3.8, 4) is 0 Å². The summed E-state index contributed by atoms with van der Waals surface area (Å²) in [6, 6.07) is -0.219.